The van der Waals surface area contributed by atoms with Gasteiger partial charge in [-0.05, 0) is 30.3 Å². The Morgan fingerprint density at radius 1 is 1.00 bits per heavy atom. The summed E-state index contributed by atoms with van der Waals surface area (Å²) < 4.78 is 0. The summed E-state index contributed by atoms with van der Waals surface area (Å²) >= 11 is 7.74. The van der Waals surface area contributed by atoms with Gasteiger partial charge in [0.15, 0.2) is 0 Å². The van der Waals surface area contributed by atoms with Crippen molar-refractivity contribution in [2.75, 3.05) is 14.1 Å². The minimum absolute atomic E-state index is 0.786. The monoisotopic (exact) mass is 278 g/mol. The van der Waals surface area contributed by atoms with Crippen LogP contribution in [0.2, 0.25) is 5.02 Å². The van der Waals surface area contributed by atoms with Crippen molar-refractivity contribution in [2.24, 2.45) is 0 Å². The predicted octanol–water partition coefficient (Wildman–Crippen LogP) is 3.14. The lowest BCUT2D eigenvalue weighted by molar-refractivity contribution is -0.872. The van der Waals surface area contributed by atoms with E-state index in [9.17, 15) is 0 Å². The number of benzene rings is 2. The zero-order valence-electron chi connectivity index (χ0n) is 10.6. The summed E-state index contributed by atoms with van der Waals surface area (Å²) in [7, 11) is 4.33. The first-order chi connectivity index (χ1) is 8.63. The number of hydrogen-bond donors (Lipinski definition) is 1. The maximum absolute atomic E-state index is 5.99. The fourth-order valence-corrected chi connectivity index (χ4v) is 3.01. The molecule has 1 N–H and O–H groups in total. The number of halogens is 1. The van der Waals surface area contributed by atoms with Crippen molar-refractivity contribution >= 4 is 23.4 Å². The SMILES string of the molecule is C[NH+](C)Cc1cccc(Sc2cccc(Cl)c2)c1. The van der Waals surface area contributed by atoms with Gasteiger partial charge in [0.2, 0.25) is 0 Å². The molecule has 0 fully saturated rings. The largest absolute Gasteiger partial charge is 0.336 e. The molecule has 1 nitrogen and oxygen atoms in total. The van der Waals surface area contributed by atoms with Crippen molar-refractivity contribution in [2.45, 2.75) is 16.3 Å². The van der Waals surface area contributed by atoms with Crippen LogP contribution in [0.3, 0.4) is 0 Å². The van der Waals surface area contributed by atoms with Gasteiger partial charge in [0.05, 0.1) is 14.1 Å². The Balaban J connectivity index is 2.14. The average molecular weight is 279 g/mol. The predicted molar refractivity (Wildman–Crippen MR) is 78.5 cm³/mol. The van der Waals surface area contributed by atoms with E-state index in [-0.39, 0.29) is 0 Å². The van der Waals surface area contributed by atoms with Crippen LogP contribution in [0.25, 0.3) is 0 Å². The van der Waals surface area contributed by atoms with E-state index in [0.29, 0.717) is 0 Å². The van der Waals surface area contributed by atoms with E-state index in [2.05, 4.69) is 44.4 Å². The van der Waals surface area contributed by atoms with Gasteiger partial charge in [-0.15, -0.1) is 0 Å². The highest BCUT2D eigenvalue weighted by Gasteiger charge is 2.02. The summed E-state index contributed by atoms with van der Waals surface area (Å²) in [6.45, 7) is 1.05. The van der Waals surface area contributed by atoms with Gasteiger partial charge < -0.3 is 4.90 Å². The molecule has 0 aromatic heterocycles. The quantitative estimate of drug-likeness (QED) is 0.900. The van der Waals surface area contributed by atoms with Crippen molar-refractivity contribution < 1.29 is 4.90 Å². The van der Waals surface area contributed by atoms with Crippen molar-refractivity contribution in [3.8, 4) is 0 Å². The second-order valence-corrected chi connectivity index (χ2v) is 6.17. The molecule has 2 aromatic carbocycles. The molecule has 0 bridgehead atoms. The third-order valence-corrected chi connectivity index (χ3v) is 3.70. The molecule has 94 valence electrons. The summed E-state index contributed by atoms with van der Waals surface area (Å²) in [5, 5.41) is 0.786. The van der Waals surface area contributed by atoms with Crippen LogP contribution in [-0.4, -0.2) is 14.1 Å². The summed E-state index contributed by atoms with van der Waals surface area (Å²) in [5.74, 6) is 0. The molecule has 0 aliphatic heterocycles. The van der Waals surface area contributed by atoms with Crippen molar-refractivity contribution in [1.82, 2.24) is 0 Å². The average Bonchev–Trinajstić information content (AvgIpc) is 2.28. The fraction of sp³-hybridized carbons (Fsp3) is 0.200. The van der Waals surface area contributed by atoms with Gasteiger partial charge in [0.25, 0.3) is 0 Å². The van der Waals surface area contributed by atoms with Gasteiger partial charge in [-0.25, -0.2) is 0 Å². The van der Waals surface area contributed by atoms with Gasteiger partial charge >= 0.3 is 0 Å². The maximum atomic E-state index is 5.99. The molecule has 0 radical (unpaired) electrons. The standard InChI is InChI=1S/C15H16ClNS/c1-17(2)11-12-5-3-7-14(9-12)18-15-8-4-6-13(16)10-15/h3-10H,11H2,1-2H3/p+1. The second kappa shape index (κ2) is 6.28. The normalized spacial score (nSPS) is 10.9. The molecule has 0 heterocycles. The molecule has 3 heteroatoms. The Kier molecular flexibility index (Phi) is 4.70. The number of nitrogens with one attached hydrogen (secondary N) is 1. The van der Waals surface area contributed by atoms with Gasteiger partial charge in [-0.3, -0.25) is 0 Å². The highest BCUT2D eigenvalue weighted by atomic mass is 35.5. The molecule has 0 aliphatic carbocycles. The lowest BCUT2D eigenvalue weighted by Gasteiger charge is -2.08. The molecule has 2 aromatic rings. The van der Waals surface area contributed by atoms with Gasteiger partial charge in [0.1, 0.15) is 6.54 Å². The summed E-state index contributed by atoms with van der Waals surface area (Å²) in [6.07, 6.45) is 0. The molecule has 0 saturated heterocycles. The Labute approximate surface area is 118 Å². The van der Waals surface area contributed by atoms with E-state index in [0.717, 1.165) is 11.6 Å². The number of hydrogen-bond acceptors (Lipinski definition) is 1. The van der Waals surface area contributed by atoms with Crippen LogP contribution >= 0.6 is 23.4 Å². The molecule has 0 saturated carbocycles. The molecule has 0 unspecified atom stereocenters. The summed E-state index contributed by atoms with van der Waals surface area (Å²) in [6, 6.07) is 16.6. The minimum Gasteiger partial charge on any atom is -0.336 e. The van der Waals surface area contributed by atoms with Crippen LogP contribution in [0.15, 0.2) is 58.3 Å². The molecule has 0 aliphatic rings. The van der Waals surface area contributed by atoms with Crippen LogP contribution < -0.4 is 4.90 Å². The van der Waals surface area contributed by atoms with Crippen LogP contribution in [0.4, 0.5) is 0 Å². The van der Waals surface area contributed by atoms with E-state index in [4.69, 9.17) is 11.6 Å². The number of quaternary nitrogens is 1. The topological polar surface area (TPSA) is 4.44 Å². The zero-order chi connectivity index (χ0) is 13.0. The van der Waals surface area contributed by atoms with Crippen molar-refractivity contribution in [3.63, 3.8) is 0 Å². The van der Waals surface area contributed by atoms with Crippen LogP contribution in [-0.2, 0) is 6.54 Å². The molecule has 2 rings (SSSR count). The molecule has 0 atom stereocenters. The summed E-state index contributed by atoms with van der Waals surface area (Å²) in [4.78, 5) is 3.87. The van der Waals surface area contributed by atoms with E-state index in [1.807, 2.05) is 18.2 Å². The zero-order valence-corrected chi connectivity index (χ0v) is 12.2. The van der Waals surface area contributed by atoms with Crippen LogP contribution in [0.5, 0.6) is 0 Å². The van der Waals surface area contributed by atoms with Gasteiger partial charge in [0, 0.05) is 20.4 Å². The lowest BCUT2D eigenvalue weighted by atomic mass is 10.2. The first-order valence-corrected chi connectivity index (χ1v) is 7.14. The molecule has 0 spiro atoms. The Hall–Kier alpha value is -0.960. The minimum atomic E-state index is 0.786. The van der Waals surface area contributed by atoms with Gasteiger partial charge in [-0.1, -0.05) is 41.6 Å². The lowest BCUT2D eigenvalue weighted by Crippen LogP contribution is -3.04. The smallest absolute Gasteiger partial charge is 0.102 e. The molecule has 0 amide bonds. The molecule has 18 heavy (non-hydrogen) atoms. The van der Waals surface area contributed by atoms with E-state index >= 15 is 0 Å². The molecular formula is C15H17ClNS+. The van der Waals surface area contributed by atoms with E-state index in [1.54, 1.807) is 11.8 Å². The first-order valence-electron chi connectivity index (χ1n) is 5.95. The highest BCUT2D eigenvalue weighted by molar-refractivity contribution is 7.99. The third-order valence-electron chi connectivity index (χ3n) is 2.49. The first kappa shape index (κ1) is 13.5. The van der Waals surface area contributed by atoms with Crippen LogP contribution in [0.1, 0.15) is 5.56 Å². The second-order valence-electron chi connectivity index (χ2n) is 4.59. The Morgan fingerprint density at radius 2 is 1.67 bits per heavy atom. The van der Waals surface area contributed by atoms with E-state index < -0.39 is 0 Å². The van der Waals surface area contributed by atoms with Crippen molar-refractivity contribution in [3.05, 3.63) is 59.1 Å². The maximum Gasteiger partial charge on any atom is 0.102 e. The summed E-state index contributed by atoms with van der Waals surface area (Å²) in [5.41, 5.74) is 1.36. The van der Waals surface area contributed by atoms with Crippen molar-refractivity contribution in [1.29, 1.82) is 0 Å². The fourth-order valence-electron chi connectivity index (χ4n) is 1.79. The van der Waals surface area contributed by atoms with Gasteiger partial charge in [-0.2, -0.15) is 0 Å². The van der Waals surface area contributed by atoms with Crippen LogP contribution in [0, 0.1) is 0 Å². The highest BCUT2D eigenvalue weighted by Crippen LogP contribution is 2.29. The molecular weight excluding hydrogens is 262 g/mol. The number of rotatable bonds is 4. The van der Waals surface area contributed by atoms with E-state index in [1.165, 1.54) is 20.3 Å². The Bertz CT molecular complexity index is 525. The third kappa shape index (κ3) is 4.05. The Morgan fingerprint density at radius 3 is 2.33 bits per heavy atom.